The number of halogens is 1. The molecular weight excluding hydrogens is 326 g/mol. The van der Waals surface area contributed by atoms with Crippen LogP contribution in [0.5, 0.6) is 0 Å². The number of nitrogens with one attached hydrogen (secondary N) is 1. The Balaban J connectivity index is 2.00. The van der Waals surface area contributed by atoms with Crippen LogP contribution in [0.1, 0.15) is 11.3 Å². The monoisotopic (exact) mass is 339 g/mol. The summed E-state index contributed by atoms with van der Waals surface area (Å²) >= 11 is 3.54. The van der Waals surface area contributed by atoms with Gasteiger partial charge in [0, 0.05) is 27.8 Å². The predicted octanol–water partition coefficient (Wildman–Crippen LogP) is 4.54. The van der Waals surface area contributed by atoms with E-state index in [1.165, 1.54) is 22.5 Å². The third-order valence-corrected chi connectivity index (χ3v) is 4.37. The maximum Gasteiger partial charge on any atom is 0.0814 e. The van der Waals surface area contributed by atoms with Gasteiger partial charge in [-0.05, 0) is 31.2 Å². The summed E-state index contributed by atoms with van der Waals surface area (Å²) in [5.74, 6) is 0. The summed E-state index contributed by atoms with van der Waals surface area (Å²) in [7, 11) is 0. The number of benzene rings is 2. The van der Waals surface area contributed by atoms with Crippen molar-refractivity contribution in [1.82, 2.24) is 9.78 Å². The summed E-state index contributed by atoms with van der Waals surface area (Å²) in [6.07, 6.45) is 0. The van der Waals surface area contributed by atoms with E-state index in [4.69, 9.17) is 5.10 Å². The van der Waals surface area contributed by atoms with Gasteiger partial charge in [-0.3, -0.25) is 0 Å². The lowest BCUT2D eigenvalue weighted by Gasteiger charge is -2.20. The number of hydrogen-bond acceptors (Lipinski definition) is 2. The quantitative estimate of drug-likeness (QED) is 0.705. The fourth-order valence-electron chi connectivity index (χ4n) is 2.87. The van der Waals surface area contributed by atoms with Crippen molar-refractivity contribution < 1.29 is 0 Å². The van der Waals surface area contributed by atoms with Crippen molar-refractivity contribution in [1.29, 1.82) is 0 Å². The molecule has 0 fully saturated rings. The first-order valence-electron chi connectivity index (χ1n) is 6.92. The topological polar surface area (TPSA) is 29.9 Å². The highest BCUT2D eigenvalue weighted by Crippen LogP contribution is 2.38. The minimum Gasteiger partial charge on any atom is -0.380 e. The van der Waals surface area contributed by atoms with Crippen LogP contribution < -0.4 is 5.32 Å². The third-order valence-electron chi connectivity index (χ3n) is 3.87. The van der Waals surface area contributed by atoms with Crippen LogP contribution in [0, 0.1) is 6.92 Å². The SMILES string of the molecule is Cc1nn(-c2cccc(Br)c2)c2c1CNc1ccccc1-2. The number of aryl methyl sites for hydroxylation is 1. The Hall–Kier alpha value is -2.07. The van der Waals surface area contributed by atoms with Crippen LogP contribution in [-0.2, 0) is 6.54 Å². The molecule has 2 heterocycles. The molecule has 4 heteroatoms. The van der Waals surface area contributed by atoms with Gasteiger partial charge < -0.3 is 5.32 Å². The van der Waals surface area contributed by atoms with Crippen LogP contribution >= 0.6 is 15.9 Å². The molecule has 0 bridgehead atoms. The minimum absolute atomic E-state index is 0.826. The summed E-state index contributed by atoms with van der Waals surface area (Å²) in [4.78, 5) is 0. The van der Waals surface area contributed by atoms with Crippen molar-refractivity contribution in [3.05, 3.63) is 64.3 Å². The average molecular weight is 340 g/mol. The lowest BCUT2D eigenvalue weighted by atomic mass is 10.00. The minimum atomic E-state index is 0.826. The van der Waals surface area contributed by atoms with E-state index in [1.54, 1.807) is 0 Å². The normalized spacial score (nSPS) is 12.5. The standard InChI is InChI=1S/C17H14BrN3/c1-11-15-10-19-16-8-3-2-7-14(16)17(15)21(20-11)13-6-4-5-12(18)9-13/h2-9,19H,10H2,1H3. The third kappa shape index (κ3) is 1.98. The lowest BCUT2D eigenvalue weighted by Crippen LogP contribution is -2.10. The Morgan fingerprint density at radius 2 is 2.00 bits per heavy atom. The Morgan fingerprint density at radius 1 is 1.14 bits per heavy atom. The van der Waals surface area contributed by atoms with Gasteiger partial charge >= 0.3 is 0 Å². The number of nitrogens with zero attached hydrogens (tertiary/aromatic N) is 2. The number of aromatic nitrogens is 2. The summed E-state index contributed by atoms with van der Waals surface area (Å²) in [5.41, 5.74) is 6.99. The molecule has 0 aliphatic carbocycles. The first-order valence-corrected chi connectivity index (χ1v) is 7.71. The van der Waals surface area contributed by atoms with Gasteiger partial charge in [0.05, 0.1) is 17.1 Å². The zero-order chi connectivity index (χ0) is 14.4. The number of fused-ring (bicyclic) bond motifs is 3. The van der Waals surface area contributed by atoms with E-state index in [0.29, 0.717) is 0 Å². The molecule has 3 aromatic rings. The van der Waals surface area contributed by atoms with Gasteiger partial charge in [-0.1, -0.05) is 40.2 Å². The van der Waals surface area contributed by atoms with Crippen molar-refractivity contribution in [2.75, 3.05) is 5.32 Å². The summed E-state index contributed by atoms with van der Waals surface area (Å²) in [5, 5.41) is 8.23. The maximum absolute atomic E-state index is 4.76. The van der Waals surface area contributed by atoms with E-state index in [-0.39, 0.29) is 0 Å². The average Bonchev–Trinajstić information content (AvgIpc) is 2.85. The fraction of sp³-hybridized carbons (Fsp3) is 0.118. The fourth-order valence-corrected chi connectivity index (χ4v) is 3.26. The van der Waals surface area contributed by atoms with Crippen LogP contribution in [0.15, 0.2) is 53.0 Å². The molecule has 0 saturated heterocycles. The van der Waals surface area contributed by atoms with Gasteiger partial charge in [-0.25, -0.2) is 4.68 Å². The first-order chi connectivity index (χ1) is 10.2. The number of rotatable bonds is 1. The van der Waals surface area contributed by atoms with Crippen LogP contribution in [-0.4, -0.2) is 9.78 Å². The molecule has 0 radical (unpaired) electrons. The zero-order valence-corrected chi connectivity index (χ0v) is 13.2. The van der Waals surface area contributed by atoms with Crippen LogP contribution in [0.4, 0.5) is 5.69 Å². The van der Waals surface area contributed by atoms with Gasteiger partial charge in [0.25, 0.3) is 0 Å². The number of anilines is 1. The largest absolute Gasteiger partial charge is 0.380 e. The molecule has 0 unspecified atom stereocenters. The van der Waals surface area contributed by atoms with E-state index in [1.807, 2.05) is 12.1 Å². The lowest BCUT2D eigenvalue weighted by molar-refractivity contribution is 0.869. The van der Waals surface area contributed by atoms with Crippen molar-refractivity contribution in [2.24, 2.45) is 0 Å². The molecule has 0 saturated carbocycles. The predicted molar refractivity (Wildman–Crippen MR) is 88.8 cm³/mol. The Labute approximate surface area is 131 Å². The van der Waals surface area contributed by atoms with Crippen LogP contribution in [0.3, 0.4) is 0 Å². The van der Waals surface area contributed by atoms with Crippen molar-refractivity contribution >= 4 is 21.6 Å². The van der Waals surface area contributed by atoms with E-state index in [9.17, 15) is 0 Å². The van der Waals surface area contributed by atoms with Crippen molar-refractivity contribution in [3.63, 3.8) is 0 Å². The van der Waals surface area contributed by atoms with Crippen molar-refractivity contribution in [3.8, 4) is 16.9 Å². The maximum atomic E-state index is 4.76. The second-order valence-corrected chi connectivity index (χ2v) is 6.12. The summed E-state index contributed by atoms with van der Waals surface area (Å²) < 4.78 is 3.11. The molecule has 1 N–H and O–H groups in total. The molecule has 0 spiro atoms. The second-order valence-electron chi connectivity index (χ2n) is 5.20. The zero-order valence-electron chi connectivity index (χ0n) is 11.6. The van der Waals surface area contributed by atoms with Gasteiger partial charge in [0.2, 0.25) is 0 Å². The summed E-state index contributed by atoms with van der Waals surface area (Å²) in [6.45, 7) is 2.90. The molecule has 1 aliphatic heterocycles. The van der Waals surface area contributed by atoms with Crippen LogP contribution in [0.2, 0.25) is 0 Å². The number of hydrogen-bond donors (Lipinski definition) is 1. The Bertz CT molecular complexity index is 836. The molecule has 104 valence electrons. The molecule has 4 rings (SSSR count). The molecule has 21 heavy (non-hydrogen) atoms. The van der Waals surface area contributed by atoms with Gasteiger partial charge in [-0.2, -0.15) is 5.10 Å². The highest BCUT2D eigenvalue weighted by Gasteiger charge is 2.23. The molecular formula is C17H14BrN3. The number of para-hydroxylation sites is 1. The highest BCUT2D eigenvalue weighted by atomic mass is 79.9. The summed E-state index contributed by atoms with van der Waals surface area (Å²) in [6, 6.07) is 16.6. The second kappa shape index (κ2) is 4.74. The molecule has 2 aromatic carbocycles. The molecule has 1 aromatic heterocycles. The molecule has 3 nitrogen and oxygen atoms in total. The van der Waals surface area contributed by atoms with Gasteiger partial charge in [0.15, 0.2) is 0 Å². The van der Waals surface area contributed by atoms with Crippen LogP contribution in [0.25, 0.3) is 16.9 Å². The highest BCUT2D eigenvalue weighted by molar-refractivity contribution is 9.10. The van der Waals surface area contributed by atoms with Gasteiger partial charge in [-0.15, -0.1) is 0 Å². The van der Waals surface area contributed by atoms with E-state index >= 15 is 0 Å². The Morgan fingerprint density at radius 3 is 2.86 bits per heavy atom. The van der Waals surface area contributed by atoms with Crippen molar-refractivity contribution in [2.45, 2.75) is 13.5 Å². The Kier molecular flexibility index (Phi) is 2.86. The van der Waals surface area contributed by atoms with E-state index < -0.39 is 0 Å². The molecule has 0 atom stereocenters. The first kappa shape index (κ1) is 12.7. The van der Waals surface area contributed by atoms with E-state index in [2.05, 4.69) is 69.3 Å². The molecule has 1 aliphatic rings. The molecule has 0 amide bonds. The van der Waals surface area contributed by atoms with E-state index in [0.717, 1.165) is 22.4 Å². The van der Waals surface area contributed by atoms with Gasteiger partial charge in [0.1, 0.15) is 0 Å². The smallest absolute Gasteiger partial charge is 0.0814 e.